The Morgan fingerprint density at radius 1 is 0.765 bits per heavy atom. The van der Waals surface area contributed by atoms with E-state index in [1.54, 1.807) is 0 Å². The first-order valence-corrected chi connectivity index (χ1v) is 17.3. The van der Waals surface area contributed by atoms with Gasteiger partial charge < -0.3 is 17.0 Å². The molecule has 2 atom stereocenters. The standard InChI is InChI=1S/C20H48N9OP3.BrH/c1-14(2)21-31(22-15(3)4)26-32(23-16(5)6,24-17(7)8)28-13-20(30)29(19(11)12)33(28,27-31)25-18(9)10;/h14-19,23-25H,13H2,1-12H3,(H,21,22);1H/t33-;/m1./s1. The summed E-state index contributed by atoms with van der Waals surface area (Å²) in [4.78, 5) is 13.6. The molecule has 14 heteroatoms. The number of fused-ring (bicyclic) bond motifs is 1. The highest BCUT2D eigenvalue weighted by atomic mass is 79.9. The van der Waals surface area contributed by atoms with Crippen LogP contribution in [-0.4, -0.2) is 57.8 Å². The average Bonchev–Trinajstić information content (AvgIpc) is 2.82. The number of carbonyl (C=O) groups excluding carboxylic acids is 1. The third-order valence-corrected chi connectivity index (χ3v) is 17.6. The summed E-state index contributed by atoms with van der Waals surface area (Å²) in [5, 5.41) is 15.2. The van der Waals surface area contributed by atoms with Gasteiger partial charge in [0.1, 0.15) is 6.04 Å². The van der Waals surface area contributed by atoms with Crippen LogP contribution >= 0.6 is 22.5 Å². The molecule has 202 valence electrons. The van der Waals surface area contributed by atoms with Gasteiger partial charge >= 0.3 is 7.51 Å². The largest absolute Gasteiger partial charge is 1.00 e. The van der Waals surface area contributed by atoms with Crippen LogP contribution in [0.2, 0.25) is 0 Å². The summed E-state index contributed by atoms with van der Waals surface area (Å²) in [7, 11) is -7.82. The molecule has 2 heterocycles. The van der Waals surface area contributed by atoms with E-state index in [0.717, 1.165) is 0 Å². The van der Waals surface area contributed by atoms with Crippen molar-refractivity contribution in [1.29, 1.82) is 0 Å². The summed E-state index contributed by atoms with van der Waals surface area (Å²) < 4.78 is 19.2. The molecule has 0 aromatic carbocycles. The predicted molar refractivity (Wildman–Crippen MR) is 143 cm³/mol. The van der Waals surface area contributed by atoms with Gasteiger partial charge in [0, 0.05) is 30.2 Å². The molecule has 34 heavy (non-hydrogen) atoms. The fraction of sp³-hybridized carbons (Fsp3) is 0.950. The maximum atomic E-state index is 13.6. The highest BCUT2D eigenvalue weighted by Crippen LogP contribution is 2.79. The van der Waals surface area contributed by atoms with Crippen LogP contribution in [0.25, 0.3) is 0 Å². The van der Waals surface area contributed by atoms with E-state index >= 15 is 0 Å². The maximum Gasteiger partial charge on any atom is 0.401 e. The summed E-state index contributed by atoms with van der Waals surface area (Å²) in [5.41, 5.74) is 0. The van der Waals surface area contributed by atoms with E-state index in [1.807, 2.05) is 4.67 Å². The molecule has 2 aliphatic heterocycles. The van der Waals surface area contributed by atoms with Crippen LogP contribution in [0.1, 0.15) is 83.1 Å². The Morgan fingerprint density at radius 3 is 1.62 bits per heavy atom. The minimum Gasteiger partial charge on any atom is -1.00 e. The quantitative estimate of drug-likeness (QED) is 0.237. The van der Waals surface area contributed by atoms with Crippen molar-refractivity contribution in [3.63, 3.8) is 0 Å². The number of nitrogens with one attached hydrogen (secondary N) is 5. The van der Waals surface area contributed by atoms with E-state index in [4.69, 9.17) is 9.03 Å². The van der Waals surface area contributed by atoms with Crippen LogP contribution in [-0.2, 0) is 4.79 Å². The summed E-state index contributed by atoms with van der Waals surface area (Å²) in [6.45, 7) is 25.8. The van der Waals surface area contributed by atoms with Gasteiger partial charge in [-0.2, -0.15) is 4.44 Å². The third-order valence-electron chi connectivity index (χ3n) is 4.68. The number of hydrogen-bond donors (Lipinski definition) is 5. The maximum absolute atomic E-state index is 13.6. The number of hydrogen-bond acceptors (Lipinski definition) is 5. The zero-order valence-electron chi connectivity index (χ0n) is 23.1. The van der Waals surface area contributed by atoms with Crippen LogP contribution in [0.4, 0.5) is 0 Å². The van der Waals surface area contributed by atoms with Gasteiger partial charge in [-0.3, -0.25) is 24.7 Å². The van der Waals surface area contributed by atoms with Crippen molar-refractivity contribution in [3.8, 4) is 0 Å². The molecule has 1 amide bonds. The van der Waals surface area contributed by atoms with Crippen molar-refractivity contribution in [2.45, 2.75) is 119 Å². The van der Waals surface area contributed by atoms with E-state index in [2.05, 4.69) is 113 Å². The molecule has 0 aliphatic carbocycles. The zero-order chi connectivity index (χ0) is 25.4. The van der Waals surface area contributed by atoms with Gasteiger partial charge in [-0.1, -0.05) is 0 Å². The molecule has 0 saturated carbocycles. The molecule has 2 aliphatic rings. The molecule has 0 spiro atoms. The van der Waals surface area contributed by atoms with Crippen molar-refractivity contribution in [2.75, 3.05) is 6.54 Å². The summed E-state index contributed by atoms with van der Waals surface area (Å²) in [5.74, 6) is 0.111. The second kappa shape index (κ2) is 12.3. The molecular formula is C20H49BrN9OP3. The van der Waals surface area contributed by atoms with Crippen molar-refractivity contribution >= 4 is 28.4 Å². The SMILES string of the molecule is CC(C)NP1(NC(C)C)=N[P@](NC(C)C)(=[NH+]C(C)C)N=[P@@]2(NC(C)C)N(C(C)C)C(=O)CN12.[Br-]. The van der Waals surface area contributed by atoms with E-state index in [-0.39, 0.29) is 59.1 Å². The van der Waals surface area contributed by atoms with Gasteiger partial charge in [0.2, 0.25) is 13.4 Å². The van der Waals surface area contributed by atoms with Gasteiger partial charge in [-0.15, -0.1) is 9.03 Å². The summed E-state index contributed by atoms with van der Waals surface area (Å²) >= 11 is 0. The lowest BCUT2D eigenvalue weighted by Gasteiger charge is -2.48. The lowest BCUT2D eigenvalue weighted by Crippen LogP contribution is -3.00. The normalized spacial score (nSPS) is 27.0. The minimum absolute atomic E-state index is 0. The van der Waals surface area contributed by atoms with Gasteiger partial charge in [-0.25, -0.2) is 9.83 Å². The van der Waals surface area contributed by atoms with Crippen molar-refractivity contribution in [2.24, 2.45) is 9.03 Å². The van der Waals surface area contributed by atoms with Crippen LogP contribution in [0.3, 0.4) is 0 Å². The monoisotopic (exact) mass is 603 g/mol. The highest BCUT2D eigenvalue weighted by Gasteiger charge is 2.58. The van der Waals surface area contributed by atoms with E-state index in [1.165, 1.54) is 0 Å². The summed E-state index contributed by atoms with van der Waals surface area (Å²) in [6.07, 6.45) is 0. The fourth-order valence-corrected chi connectivity index (χ4v) is 19.2. The van der Waals surface area contributed by atoms with Crippen LogP contribution in [0.15, 0.2) is 9.03 Å². The van der Waals surface area contributed by atoms with Crippen LogP contribution in [0, 0.1) is 0 Å². The molecule has 0 aromatic rings. The first-order chi connectivity index (χ1) is 15.1. The van der Waals surface area contributed by atoms with E-state index in [0.29, 0.717) is 6.54 Å². The van der Waals surface area contributed by atoms with Gasteiger partial charge in [-0.05, 0) is 83.1 Å². The molecule has 1 saturated heterocycles. The lowest BCUT2D eigenvalue weighted by molar-refractivity contribution is -0.474. The molecule has 0 aromatic heterocycles. The molecule has 2 rings (SSSR count). The van der Waals surface area contributed by atoms with Gasteiger partial charge in [0.05, 0.1) is 6.54 Å². The Hall–Kier alpha value is 0.440. The molecule has 5 N–H and O–H groups in total. The lowest BCUT2D eigenvalue weighted by atomic mass is 10.4. The molecular weight excluding hydrogens is 555 g/mol. The fourth-order valence-electron chi connectivity index (χ4n) is 4.28. The molecule has 0 radical (unpaired) electrons. The van der Waals surface area contributed by atoms with Crippen molar-refractivity contribution < 1.29 is 26.5 Å². The Kier molecular flexibility index (Phi) is 11.8. The highest BCUT2D eigenvalue weighted by molar-refractivity contribution is 7.85. The first kappa shape index (κ1) is 32.5. The Morgan fingerprint density at radius 2 is 1.24 bits per heavy atom. The number of nitrogens with zero attached hydrogens (tertiary/aromatic N) is 4. The predicted octanol–water partition coefficient (Wildman–Crippen LogP) is 0.876. The second-order valence-corrected chi connectivity index (χ2v) is 18.7. The molecule has 1 fully saturated rings. The van der Waals surface area contributed by atoms with Crippen LogP contribution in [0.5, 0.6) is 0 Å². The van der Waals surface area contributed by atoms with E-state index in [9.17, 15) is 4.79 Å². The number of rotatable bonds is 10. The second-order valence-electron chi connectivity index (χ2n) is 10.7. The number of amides is 1. The van der Waals surface area contributed by atoms with Gasteiger partial charge in [0.15, 0.2) is 7.51 Å². The Balaban J connectivity index is 0.00000578. The van der Waals surface area contributed by atoms with Crippen molar-refractivity contribution in [3.05, 3.63) is 0 Å². The topological polar surface area (TPSA) is 110 Å². The molecule has 0 unspecified atom stereocenters. The number of carbonyl (C=O) groups is 1. The first-order valence-electron chi connectivity index (χ1n) is 12.2. The summed E-state index contributed by atoms with van der Waals surface area (Å²) in [6, 6.07) is 0.868. The van der Waals surface area contributed by atoms with Crippen molar-refractivity contribution in [1.82, 2.24) is 29.5 Å². The zero-order valence-corrected chi connectivity index (χ0v) is 27.4. The third kappa shape index (κ3) is 7.05. The number of halogens is 1. The Labute approximate surface area is 219 Å². The van der Waals surface area contributed by atoms with Gasteiger partial charge in [0.25, 0.3) is 0 Å². The average molecular weight is 605 g/mol. The van der Waals surface area contributed by atoms with Crippen LogP contribution < -0.4 is 42.1 Å². The Bertz CT molecular complexity index is 873. The molecule has 0 bridgehead atoms. The van der Waals surface area contributed by atoms with E-state index < -0.39 is 22.5 Å². The minimum atomic E-state index is -2.65. The molecule has 10 nitrogen and oxygen atoms in total. The smallest absolute Gasteiger partial charge is 0.401 e.